The number of amides is 1. The van der Waals surface area contributed by atoms with Crippen molar-refractivity contribution in [1.29, 1.82) is 0 Å². The number of hydrogen-bond donors (Lipinski definition) is 0. The minimum atomic E-state index is -4.39. The summed E-state index contributed by atoms with van der Waals surface area (Å²) in [4.78, 5) is 10.3. The lowest BCUT2D eigenvalue weighted by Crippen LogP contribution is -2.28. The first kappa shape index (κ1) is 7.37. The van der Waals surface area contributed by atoms with Crippen LogP contribution in [0.25, 0.3) is 0 Å². The highest BCUT2D eigenvalue weighted by atomic mass is 19.4. The number of carbonyl (C=O) groups is 1. The lowest BCUT2D eigenvalue weighted by molar-refractivity contribution is -0.178. The molecule has 0 N–H and O–H groups in total. The zero-order chi connectivity index (χ0) is 7.78. The third-order valence-electron chi connectivity index (χ3n) is 1.38. The fraction of sp³-hybridized carbons (Fsp3) is 0.800. The van der Waals surface area contributed by atoms with Crippen LogP contribution in [0.2, 0.25) is 0 Å². The molecule has 57 valence electrons. The van der Waals surface area contributed by atoms with Gasteiger partial charge in [-0.25, -0.2) is 0 Å². The van der Waals surface area contributed by atoms with Gasteiger partial charge >= 0.3 is 6.18 Å². The van der Waals surface area contributed by atoms with Crippen molar-refractivity contribution >= 4 is 5.91 Å². The zero-order valence-corrected chi connectivity index (χ0v) is 4.98. The van der Waals surface area contributed by atoms with Crippen LogP contribution < -0.4 is 5.32 Å². The van der Waals surface area contributed by atoms with E-state index < -0.39 is 18.0 Å². The molecule has 1 aliphatic rings. The number of hydrogen-bond acceptors (Lipinski definition) is 1. The summed E-state index contributed by atoms with van der Waals surface area (Å²) in [7, 11) is 0. The zero-order valence-electron chi connectivity index (χ0n) is 4.98. The highest BCUT2D eigenvalue weighted by molar-refractivity contribution is 5.81. The first-order valence-corrected chi connectivity index (χ1v) is 2.80. The average Bonchev–Trinajstić information content (AvgIpc) is 2.11. The van der Waals surface area contributed by atoms with Gasteiger partial charge in [-0.2, -0.15) is 13.2 Å². The molecule has 1 amide bonds. The first-order chi connectivity index (χ1) is 4.52. The van der Waals surface area contributed by atoms with Gasteiger partial charge in [0.1, 0.15) is 5.92 Å². The molecule has 1 aliphatic heterocycles. The molecule has 0 bridgehead atoms. The van der Waals surface area contributed by atoms with E-state index in [1.165, 1.54) is 0 Å². The van der Waals surface area contributed by atoms with Crippen LogP contribution in [-0.2, 0) is 4.79 Å². The van der Waals surface area contributed by atoms with E-state index in [4.69, 9.17) is 0 Å². The third kappa shape index (κ3) is 1.22. The standard InChI is InChI=1S/C5H5F3NO/c6-5(7,8)3-1-2-9-4(3)10/h3H,1-2H2. The summed E-state index contributed by atoms with van der Waals surface area (Å²) < 4.78 is 35.2. The Bertz CT molecular complexity index is 153. The first-order valence-electron chi connectivity index (χ1n) is 2.80. The summed E-state index contributed by atoms with van der Waals surface area (Å²) in [6.45, 7) is 0.0169. The van der Waals surface area contributed by atoms with Crippen molar-refractivity contribution in [3.8, 4) is 0 Å². The van der Waals surface area contributed by atoms with E-state index in [1.807, 2.05) is 0 Å². The van der Waals surface area contributed by atoms with Crippen LogP contribution in [0, 0.1) is 5.92 Å². The third-order valence-corrected chi connectivity index (χ3v) is 1.38. The molecule has 1 rings (SSSR count). The Hall–Kier alpha value is -0.740. The molecule has 0 aromatic rings. The largest absolute Gasteiger partial charge is 0.400 e. The van der Waals surface area contributed by atoms with E-state index in [-0.39, 0.29) is 13.0 Å². The highest BCUT2D eigenvalue weighted by Gasteiger charge is 2.47. The van der Waals surface area contributed by atoms with Gasteiger partial charge in [0.15, 0.2) is 0 Å². The second-order valence-electron chi connectivity index (χ2n) is 2.10. The molecule has 0 aliphatic carbocycles. The van der Waals surface area contributed by atoms with Gasteiger partial charge in [-0.3, -0.25) is 10.1 Å². The molecule has 0 aromatic heterocycles. The second-order valence-corrected chi connectivity index (χ2v) is 2.10. The molecule has 1 saturated heterocycles. The van der Waals surface area contributed by atoms with Gasteiger partial charge in [-0.05, 0) is 6.42 Å². The van der Waals surface area contributed by atoms with Crippen LogP contribution in [0.5, 0.6) is 0 Å². The summed E-state index contributed by atoms with van der Waals surface area (Å²) in [5.74, 6) is -2.85. The Morgan fingerprint density at radius 2 is 2.10 bits per heavy atom. The maximum absolute atomic E-state index is 11.7. The SMILES string of the molecule is O=C1[N]CCC1C(F)(F)F. The minimum Gasteiger partial charge on any atom is -0.272 e. The summed E-state index contributed by atoms with van der Waals surface area (Å²) in [6.07, 6.45) is -4.57. The van der Waals surface area contributed by atoms with Crippen molar-refractivity contribution in [1.82, 2.24) is 5.32 Å². The van der Waals surface area contributed by atoms with Gasteiger partial charge in [0, 0.05) is 6.54 Å². The summed E-state index contributed by atoms with van der Waals surface area (Å²) in [5.41, 5.74) is 0. The Morgan fingerprint density at radius 3 is 2.30 bits per heavy atom. The van der Waals surface area contributed by atoms with Crippen LogP contribution >= 0.6 is 0 Å². The normalized spacial score (nSPS) is 26.7. The quantitative estimate of drug-likeness (QED) is 0.502. The molecule has 0 saturated carbocycles. The molecule has 1 unspecified atom stereocenters. The minimum absolute atomic E-state index is 0.0169. The number of carbonyl (C=O) groups excluding carboxylic acids is 1. The maximum atomic E-state index is 11.7. The van der Waals surface area contributed by atoms with E-state index >= 15 is 0 Å². The number of rotatable bonds is 0. The predicted octanol–water partition coefficient (Wildman–Crippen LogP) is 0.700. The Morgan fingerprint density at radius 1 is 1.50 bits per heavy atom. The number of halogens is 3. The van der Waals surface area contributed by atoms with Crippen LogP contribution in [0.3, 0.4) is 0 Å². The van der Waals surface area contributed by atoms with Gasteiger partial charge in [0.2, 0.25) is 0 Å². The van der Waals surface area contributed by atoms with E-state index in [9.17, 15) is 18.0 Å². The Balaban J connectivity index is 2.64. The molecule has 1 fully saturated rings. The molecular formula is C5H5F3NO. The molecule has 10 heavy (non-hydrogen) atoms. The summed E-state index contributed by atoms with van der Waals surface area (Å²) in [6, 6.07) is 0. The van der Waals surface area contributed by atoms with Crippen LogP contribution in [0.1, 0.15) is 6.42 Å². The number of alkyl halides is 3. The van der Waals surface area contributed by atoms with E-state index in [0.29, 0.717) is 0 Å². The molecule has 1 radical (unpaired) electrons. The van der Waals surface area contributed by atoms with Crippen molar-refractivity contribution in [2.45, 2.75) is 12.6 Å². The molecular weight excluding hydrogens is 147 g/mol. The van der Waals surface area contributed by atoms with E-state index in [0.717, 1.165) is 0 Å². The second kappa shape index (κ2) is 2.14. The monoisotopic (exact) mass is 152 g/mol. The Labute approximate surface area is 55.4 Å². The highest BCUT2D eigenvalue weighted by Crippen LogP contribution is 2.31. The van der Waals surface area contributed by atoms with Crippen molar-refractivity contribution in [2.24, 2.45) is 5.92 Å². The number of nitrogens with zero attached hydrogens (tertiary/aromatic N) is 1. The van der Waals surface area contributed by atoms with Gasteiger partial charge in [0.05, 0.1) is 0 Å². The van der Waals surface area contributed by atoms with Crippen molar-refractivity contribution in [2.75, 3.05) is 6.54 Å². The lowest BCUT2D eigenvalue weighted by Gasteiger charge is -2.09. The predicted molar refractivity (Wildman–Crippen MR) is 26.2 cm³/mol. The Kier molecular flexibility index (Phi) is 1.58. The molecule has 0 aromatic carbocycles. The molecule has 1 heterocycles. The maximum Gasteiger partial charge on any atom is 0.400 e. The van der Waals surface area contributed by atoms with Crippen LogP contribution in [-0.4, -0.2) is 18.6 Å². The molecule has 1 atom stereocenters. The van der Waals surface area contributed by atoms with Crippen LogP contribution in [0.4, 0.5) is 13.2 Å². The topological polar surface area (TPSA) is 31.2 Å². The van der Waals surface area contributed by atoms with Crippen molar-refractivity contribution in [3.63, 3.8) is 0 Å². The van der Waals surface area contributed by atoms with E-state index in [1.54, 1.807) is 0 Å². The van der Waals surface area contributed by atoms with Crippen molar-refractivity contribution in [3.05, 3.63) is 0 Å². The smallest absolute Gasteiger partial charge is 0.272 e. The van der Waals surface area contributed by atoms with E-state index in [2.05, 4.69) is 5.32 Å². The summed E-state index contributed by atoms with van der Waals surface area (Å²) in [5, 5.41) is 3.13. The van der Waals surface area contributed by atoms with Gasteiger partial charge in [-0.1, -0.05) is 0 Å². The van der Waals surface area contributed by atoms with Crippen molar-refractivity contribution < 1.29 is 18.0 Å². The average molecular weight is 152 g/mol. The summed E-state index contributed by atoms with van der Waals surface area (Å²) >= 11 is 0. The molecule has 2 nitrogen and oxygen atoms in total. The fourth-order valence-corrected chi connectivity index (χ4v) is 0.841. The molecule has 5 heteroatoms. The lowest BCUT2D eigenvalue weighted by atomic mass is 10.1. The fourth-order valence-electron chi connectivity index (χ4n) is 0.841. The van der Waals surface area contributed by atoms with Gasteiger partial charge in [-0.15, -0.1) is 0 Å². The van der Waals surface area contributed by atoms with Gasteiger partial charge < -0.3 is 0 Å². The van der Waals surface area contributed by atoms with Crippen LogP contribution in [0.15, 0.2) is 0 Å². The van der Waals surface area contributed by atoms with Gasteiger partial charge in [0.25, 0.3) is 5.91 Å². The molecule has 0 spiro atoms.